The minimum absolute atomic E-state index is 0.0885. The van der Waals surface area contributed by atoms with Gasteiger partial charge in [-0.25, -0.2) is 9.29 Å². The van der Waals surface area contributed by atoms with E-state index < -0.39 is 57.0 Å². The lowest BCUT2D eigenvalue weighted by Gasteiger charge is -2.50. The number of amides is 4. The number of carbonyl (C=O) groups excluding carboxylic acids is 4. The number of imide groups is 2. The molecule has 0 bridgehead atoms. The Bertz CT molecular complexity index is 1900. The van der Waals surface area contributed by atoms with Crippen LogP contribution in [-0.4, -0.2) is 64.8 Å². The van der Waals surface area contributed by atoms with Gasteiger partial charge in [0, 0.05) is 30.3 Å². The van der Waals surface area contributed by atoms with Crippen LogP contribution in [0.25, 0.3) is 0 Å². The van der Waals surface area contributed by atoms with Gasteiger partial charge in [0.05, 0.1) is 36.4 Å². The van der Waals surface area contributed by atoms with Crippen molar-refractivity contribution in [2.24, 2.45) is 17.8 Å². The van der Waals surface area contributed by atoms with E-state index in [1.54, 1.807) is 30.3 Å². The predicted molar refractivity (Wildman–Crippen MR) is 177 cm³/mol. The topological polar surface area (TPSA) is 107 Å². The number of hydrogen-bond acceptors (Lipinski definition) is 7. The van der Waals surface area contributed by atoms with Crippen LogP contribution in [0.5, 0.6) is 5.75 Å². The van der Waals surface area contributed by atoms with E-state index in [-0.39, 0.29) is 35.7 Å². The van der Waals surface area contributed by atoms with Crippen LogP contribution in [-0.2, 0) is 23.9 Å². The van der Waals surface area contributed by atoms with E-state index in [4.69, 9.17) is 27.9 Å². The van der Waals surface area contributed by atoms with Gasteiger partial charge in [-0.2, -0.15) is 0 Å². The number of para-hydroxylation sites is 1. The molecule has 0 spiro atoms. The van der Waals surface area contributed by atoms with Crippen LogP contribution in [0.2, 0.25) is 0 Å². The summed E-state index contributed by atoms with van der Waals surface area (Å²) in [6.07, 6.45) is 1.80. The summed E-state index contributed by atoms with van der Waals surface area (Å²) >= 11 is 14.7. The summed E-state index contributed by atoms with van der Waals surface area (Å²) in [5.74, 6) is -6.62. The Morgan fingerprint density at radius 1 is 0.771 bits per heavy atom. The Hall–Kier alpha value is -4.25. The number of carbonyl (C=O) groups is 4. The highest BCUT2D eigenvalue weighted by Crippen LogP contribution is 2.66. The molecule has 2 aliphatic carbocycles. The van der Waals surface area contributed by atoms with Gasteiger partial charge >= 0.3 is 0 Å². The number of aromatic hydroxyl groups is 1. The lowest BCUT2D eigenvalue weighted by Crippen LogP contribution is -2.60. The molecule has 1 saturated carbocycles. The number of rotatable bonds is 4. The highest BCUT2D eigenvalue weighted by molar-refractivity contribution is 6.58. The van der Waals surface area contributed by atoms with Gasteiger partial charge in [-0.05, 0) is 73.4 Å². The van der Waals surface area contributed by atoms with Gasteiger partial charge in [-0.3, -0.25) is 24.1 Å². The standard InChI is InChI=1S/C36H30Cl2FN3O6/c37-35-19-27-24(13-14-26-29(27)32(45)41(31(26)44)22-11-9-21(10-12-22)40-15-17-48-18-16-40)30(25-3-1-2-4-28(25)43)36(35,38)34(47)42(33(35)46)23-7-5-20(39)6-8-23/h1-13,26-27,29-30,43H,14-19H2. The molecule has 9 nitrogen and oxygen atoms in total. The number of phenolic OH excluding ortho intramolecular Hbond substituents is 1. The Labute approximate surface area is 285 Å². The third kappa shape index (κ3) is 4.25. The molecule has 0 radical (unpaired) electrons. The van der Waals surface area contributed by atoms with Crippen LogP contribution in [0.1, 0.15) is 24.3 Å². The van der Waals surface area contributed by atoms with Crippen molar-refractivity contribution in [3.8, 4) is 5.75 Å². The number of fused-ring (bicyclic) bond motifs is 4. The monoisotopic (exact) mass is 689 g/mol. The molecule has 6 unspecified atom stereocenters. The van der Waals surface area contributed by atoms with E-state index in [1.165, 1.54) is 23.1 Å². The van der Waals surface area contributed by atoms with Crippen LogP contribution in [0.4, 0.5) is 21.5 Å². The van der Waals surface area contributed by atoms with Gasteiger partial charge in [-0.15, -0.1) is 23.2 Å². The molecule has 4 fully saturated rings. The number of benzene rings is 3. The Balaban J connectivity index is 1.21. The molecule has 0 aromatic heterocycles. The summed E-state index contributed by atoms with van der Waals surface area (Å²) in [5.41, 5.74) is 2.31. The van der Waals surface area contributed by atoms with Gasteiger partial charge < -0.3 is 14.7 Å². The molecule has 3 saturated heterocycles. The molecule has 3 aromatic carbocycles. The third-order valence-electron chi connectivity index (χ3n) is 10.6. The number of ether oxygens (including phenoxy) is 1. The summed E-state index contributed by atoms with van der Waals surface area (Å²) in [6.45, 7) is 2.71. The molecule has 3 aromatic rings. The van der Waals surface area contributed by atoms with Crippen LogP contribution in [0, 0.1) is 23.6 Å². The number of morpholine rings is 1. The van der Waals surface area contributed by atoms with Crippen molar-refractivity contribution in [1.82, 2.24) is 0 Å². The van der Waals surface area contributed by atoms with Crippen LogP contribution in [0.15, 0.2) is 84.4 Å². The first-order valence-corrected chi connectivity index (χ1v) is 16.6. The van der Waals surface area contributed by atoms with Crippen LogP contribution in [0.3, 0.4) is 0 Å². The summed E-state index contributed by atoms with van der Waals surface area (Å²) in [4.78, 5) is 57.1. The van der Waals surface area contributed by atoms with E-state index in [9.17, 15) is 28.7 Å². The molecule has 12 heteroatoms. The first-order valence-electron chi connectivity index (χ1n) is 15.9. The van der Waals surface area contributed by atoms with E-state index in [0.717, 1.165) is 35.8 Å². The lowest BCUT2D eigenvalue weighted by molar-refractivity contribution is -0.125. The molecule has 6 atom stereocenters. The first kappa shape index (κ1) is 31.0. The summed E-state index contributed by atoms with van der Waals surface area (Å²) < 4.78 is 19.3. The zero-order valence-electron chi connectivity index (χ0n) is 25.5. The summed E-state index contributed by atoms with van der Waals surface area (Å²) in [6, 6.07) is 18.5. The Morgan fingerprint density at radius 2 is 1.40 bits per heavy atom. The van der Waals surface area contributed by atoms with E-state index >= 15 is 0 Å². The highest BCUT2D eigenvalue weighted by atomic mass is 35.5. The number of nitrogens with zero attached hydrogens (tertiary/aromatic N) is 3. The maximum Gasteiger partial charge on any atom is 0.258 e. The number of anilines is 3. The summed E-state index contributed by atoms with van der Waals surface area (Å²) in [5, 5.41) is 11.1. The largest absolute Gasteiger partial charge is 0.508 e. The molecule has 1 N–H and O–H groups in total. The van der Waals surface area contributed by atoms with Crippen molar-refractivity contribution in [3.63, 3.8) is 0 Å². The smallest absolute Gasteiger partial charge is 0.258 e. The average molecular weight is 691 g/mol. The second-order valence-electron chi connectivity index (χ2n) is 12.9. The second-order valence-corrected chi connectivity index (χ2v) is 14.2. The van der Waals surface area contributed by atoms with Crippen LogP contribution < -0.4 is 14.7 Å². The molecule has 4 amide bonds. The maximum atomic E-state index is 14.4. The number of halogens is 3. The molecule has 48 heavy (non-hydrogen) atoms. The predicted octanol–water partition coefficient (Wildman–Crippen LogP) is 5.14. The van der Waals surface area contributed by atoms with Crippen molar-refractivity contribution in [2.75, 3.05) is 41.0 Å². The number of alkyl halides is 2. The van der Waals surface area contributed by atoms with Crippen molar-refractivity contribution >= 4 is 63.9 Å². The van der Waals surface area contributed by atoms with Crippen LogP contribution >= 0.6 is 23.2 Å². The lowest BCUT2D eigenvalue weighted by atomic mass is 9.56. The van der Waals surface area contributed by atoms with Crippen molar-refractivity contribution in [3.05, 3.63) is 95.8 Å². The quantitative estimate of drug-likeness (QED) is 0.230. The first-order chi connectivity index (χ1) is 23.1. The molecular weight excluding hydrogens is 660 g/mol. The van der Waals surface area contributed by atoms with E-state index in [2.05, 4.69) is 4.90 Å². The van der Waals surface area contributed by atoms with Crippen molar-refractivity contribution < 1.29 is 33.4 Å². The van der Waals surface area contributed by atoms with Gasteiger partial charge in [0.15, 0.2) is 9.75 Å². The average Bonchev–Trinajstić information content (AvgIpc) is 3.44. The fourth-order valence-corrected chi connectivity index (χ4v) is 9.29. The highest BCUT2D eigenvalue weighted by Gasteiger charge is 2.77. The van der Waals surface area contributed by atoms with Crippen molar-refractivity contribution in [1.29, 1.82) is 0 Å². The summed E-state index contributed by atoms with van der Waals surface area (Å²) in [7, 11) is 0. The van der Waals surface area contributed by atoms with E-state index in [1.807, 2.05) is 18.2 Å². The third-order valence-corrected chi connectivity index (χ3v) is 12.0. The SMILES string of the molecule is O=C1C2CC=C3C(CC4(Cl)C(=O)N(c5ccc(F)cc5)C(=O)C4(Cl)C3c3ccccc3O)C2C(=O)N1c1ccc(N2CCOCC2)cc1. The van der Waals surface area contributed by atoms with Gasteiger partial charge in [0.2, 0.25) is 11.8 Å². The Kier molecular flexibility index (Phi) is 7.21. The normalized spacial score (nSPS) is 31.5. The number of hydrogen-bond donors (Lipinski definition) is 1. The molecule has 3 aliphatic heterocycles. The molecule has 3 heterocycles. The number of allylic oxidation sites excluding steroid dienone is 2. The fourth-order valence-electron chi connectivity index (χ4n) is 8.36. The zero-order valence-corrected chi connectivity index (χ0v) is 27.0. The molecule has 8 rings (SSSR count). The fraction of sp³-hybridized carbons (Fsp3) is 0.333. The minimum Gasteiger partial charge on any atom is -0.508 e. The van der Waals surface area contributed by atoms with Gasteiger partial charge in [0.1, 0.15) is 11.6 Å². The second kappa shape index (κ2) is 11.1. The zero-order chi connectivity index (χ0) is 33.5. The van der Waals surface area contributed by atoms with Crippen molar-refractivity contribution in [2.45, 2.75) is 28.5 Å². The Morgan fingerprint density at radius 3 is 2.08 bits per heavy atom. The van der Waals surface area contributed by atoms with Gasteiger partial charge in [-0.1, -0.05) is 29.8 Å². The minimum atomic E-state index is -2.12. The molecule has 246 valence electrons. The number of phenols is 1. The maximum absolute atomic E-state index is 14.4. The molecular formula is C36H30Cl2FN3O6. The molecule has 5 aliphatic rings. The van der Waals surface area contributed by atoms with E-state index in [0.29, 0.717) is 24.5 Å². The van der Waals surface area contributed by atoms with Gasteiger partial charge in [0.25, 0.3) is 11.8 Å².